The highest BCUT2D eigenvalue weighted by atomic mass is 14.2. The fourth-order valence-electron chi connectivity index (χ4n) is 1.36. The highest BCUT2D eigenvalue weighted by molar-refractivity contribution is 5.35. The summed E-state index contributed by atoms with van der Waals surface area (Å²) in [6, 6.07) is 0. The van der Waals surface area contributed by atoms with Crippen LogP contribution < -0.4 is 0 Å². The lowest BCUT2D eigenvalue weighted by Gasteiger charge is -2.19. The van der Waals surface area contributed by atoms with Crippen LogP contribution in [0.15, 0.2) is 22.8 Å². The quantitative estimate of drug-likeness (QED) is 0.479. The molecule has 1 unspecified atom stereocenters. The molecular weight excluding hydrogens is 120 g/mol. The van der Waals surface area contributed by atoms with E-state index in [9.17, 15) is 0 Å². The molecule has 0 nitrogen and oxygen atoms in total. The third kappa shape index (κ3) is 1.16. The van der Waals surface area contributed by atoms with E-state index in [4.69, 9.17) is 0 Å². The van der Waals surface area contributed by atoms with E-state index >= 15 is 0 Å². The summed E-state index contributed by atoms with van der Waals surface area (Å²) < 4.78 is 0. The minimum Gasteiger partial charge on any atom is -0.0808 e. The van der Waals surface area contributed by atoms with Crippen LogP contribution in [0.3, 0.4) is 0 Å². The Hall–Kier alpha value is -0.520. The molecule has 0 heterocycles. The van der Waals surface area contributed by atoms with Gasteiger partial charge in [-0.15, -0.1) is 0 Å². The molecule has 0 radical (unpaired) electrons. The first-order valence-corrected chi connectivity index (χ1v) is 3.97. The van der Waals surface area contributed by atoms with Crippen LogP contribution in [-0.2, 0) is 0 Å². The van der Waals surface area contributed by atoms with Crippen LogP contribution in [0.2, 0.25) is 0 Å². The summed E-state index contributed by atoms with van der Waals surface area (Å²) in [5.41, 5.74) is 4.54. The first kappa shape index (κ1) is 7.59. The van der Waals surface area contributed by atoms with E-state index in [1.165, 1.54) is 17.6 Å². The van der Waals surface area contributed by atoms with Crippen LogP contribution in [0.5, 0.6) is 0 Å². The van der Waals surface area contributed by atoms with E-state index in [0.717, 1.165) is 5.92 Å². The molecule has 0 fully saturated rings. The van der Waals surface area contributed by atoms with E-state index in [-0.39, 0.29) is 0 Å². The second kappa shape index (κ2) is 2.61. The molecule has 0 amide bonds. The summed E-state index contributed by atoms with van der Waals surface area (Å²) in [5, 5.41) is 0. The minimum atomic E-state index is 0.767. The van der Waals surface area contributed by atoms with Crippen LogP contribution in [0.1, 0.15) is 34.1 Å². The Morgan fingerprint density at radius 2 is 1.90 bits per heavy atom. The molecule has 0 saturated heterocycles. The van der Waals surface area contributed by atoms with Gasteiger partial charge in [0.1, 0.15) is 0 Å². The largest absolute Gasteiger partial charge is 0.0808 e. The van der Waals surface area contributed by atoms with Crippen molar-refractivity contribution < 1.29 is 0 Å². The van der Waals surface area contributed by atoms with E-state index in [0.29, 0.717) is 0 Å². The minimum absolute atomic E-state index is 0.767. The lowest BCUT2D eigenvalue weighted by molar-refractivity contribution is 0.671. The Morgan fingerprint density at radius 3 is 2.40 bits per heavy atom. The molecule has 0 bridgehead atoms. The summed E-state index contributed by atoms with van der Waals surface area (Å²) in [7, 11) is 0. The Balaban J connectivity index is 2.94. The zero-order valence-electron chi connectivity index (χ0n) is 7.36. The smallest absolute Gasteiger partial charge is 0.0194 e. The second-order valence-corrected chi connectivity index (χ2v) is 3.33. The Morgan fingerprint density at radius 1 is 1.30 bits per heavy atom. The standard InChI is InChI=1S/C10H16/c1-7-5-6-8(2)10(4)9(7)3/h5,8H,6H2,1-4H3. The average Bonchev–Trinajstić information content (AvgIpc) is 1.93. The molecule has 0 aromatic rings. The van der Waals surface area contributed by atoms with Crippen molar-refractivity contribution in [3.63, 3.8) is 0 Å². The molecule has 1 rings (SSSR count). The summed E-state index contributed by atoms with van der Waals surface area (Å²) in [6.07, 6.45) is 3.57. The third-order valence-corrected chi connectivity index (χ3v) is 2.70. The van der Waals surface area contributed by atoms with Crippen molar-refractivity contribution in [2.24, 2.45) is 5.92 Å². The summed E-state index contributed by atoms with van der Waals surface area (Å²) >= 11 is 0. The fourth-order valence-corrected chi connectivity index (χ4v) is 1.36. The molecule has 0 aliphatic heterocycles. The first-order chi connectivity index (χ1) is 4.63. The summed E-state index contributed by atoms with van der Waals surface area (Å²) in [5.74, 6) is 0.767. The summed E-state index contributed by atoms with van der Waals surface area (Å²) in [4.78, 5) is 0. The van der Waals surface area contributed by atoms with Crippen molar-refractivity contribution in [2.45, 2.75) is 34.1 Å². The fraction of sp³-hybridized carbons (Fsp3) is 0.600. The Labute approximate surface area is 63.6 Å². The molecule has 1 aliphatic rings. The highest BCUT2D eigenvalue weighted by Gasteiger charge is 2.11. The molecular formula is C10H16. The predicted octanol–water partition coefficient (Wildman–Crippen LogP) is 3.31. The number of hydrogen-bond donors (Lipinski definition) is 0. The van der Waals surface area contributed by atoms with Gasteiger partial charge in [0.15, 0.2) is 0 Å². The van der Waals surface area contributed by atoms with Crippen LogP contribution in [-0.4, -0.2) is 0 Å². The lowest BCUT2D eigenvalue weighted by atomic mass is 9.86. The highest BCUT2D eigenvalue weighted by Crippen LogP contribution is 2.28. The molecule has 56 valence electrons. The predicted molar refractivity (Wildman–Crippen MR) is 45.9 cm³/mol. The maximum absolute atomic E-state index is 2.34. The van der Waals surface area contributed by atoms with E-state index in [2.05, 4.69) is 33.8 Å². The van der Waals surface area contributed by atoms with Crippen molar-refractivity contribution in [3.05, 3.63) is 22.8 Å². The van der Waals surface area contributed by atoms with Gasteiger partial charge < -0.3 is 0 Å². The van der Waals surface area contributed by atoms with Crippen LogP contribution in [0.25, 0.3) is 0 Å². The van der Waals surface area contributed by atoms with E-state index < -0.39 is 0 Å². The normalized spacial score (nSPS) is 26.8. The SMILES string of the molecule is CC1=CCC(C)C(C)=C1C. The number of hydrogen-bond acceptors (Lipinski definition) is 0. The van der Waals surface area contributed by atoms with Gasteiger partial charge in [-0.3, -0.25) is 0 Å². The summed E-state index contributed by atoms with van der Waals surface area (Å²) in [6.45, 7) is 8.96. The maximum Gasteiger partial charge on any atom is -0.0194 e. The van der Waals surface area contributed by atoms with Gasteiger partial charge in [-0.2, -0.15) is 0 Å². The Bertz CT molecular complexity index is 194. The van der Waals surface area contributed by atoms with Gasteiger partial charge in [0.05, 0.1) is 0 Å². The molecule has 1 aliphatic carbocycles. The molecule has 10 heavy (non-hydrogen) atoms. The van der Waals surface area contributed by atoms with Crippen molar-refractivity contribution >= 4 is 0 Å². The molecule has 1 atom stereocenters. The zero-order valence-corrected chi connectivity index (χ0v) is 7.36. The van der Waals surface area contributed by atoms with E-state index in [1.807, 2.05) is 0 Å². The van der Waals surface area contributed by atoms with Crippen LogP contribution in [0.4, 0.5) is 0 Å². The third-order valence-electron chi connectivity index (χ3n) is 2.70. The van der Waals surface area contributed by atoms with Gasteiger partial charge in [0.2, 0.25) is 0 Å². The van der Waals surface area contributed by atoms with Crippen LogP contribution >= 0.6 is 0 Å². The molecule has 0 N–H and O–H groups in total. The van der Waals surface area contributed by atoms with Gasteiger partial charge >= 0.3 is 0 Å². The molecule has 0 heteroatoms. The number of allylic oxidation sites excluding steroid dienone is 4. The van der Waals surface area contributed by atoms with Gasteiger partial charge in [0, 0.05) is 0 Å². The van der Waals surface area contributed by atoms with Gasteiger partial charge in [0.25, 0.3) is 0 Å². The van der Waals surface area contributed by atoms with Crippen molar-refractivity contribution in [1.29, 1.82) is 0 Å². The molecule has 0 spiro atoms. The second-order valence-electron chi connectivity index (χ2n) is 3.33. The first-order valence-electron chi connectivity index (χ1n) is 3.97. The molecule has 0 aromatic heterocycles. The van der Waals surface area contributed by atoms with Crippen molar-refractivity contribution in [3.8, 4) is 0 Å². The topological polar surface area (TPSA) is 0 Å². The average molecular weight is 136 g/mol. The van der Waals surface area contributed by atoms with Gasteiger partial charge in [-0.1, -0.05) is 24.1 Å². The maximum atomic E-state index is 2.34. The van der Waals surface area contributed by atoms with Crippen molar-refractivity contribution in [1.82, 2.24) is 0 Å². The zero-order chi connectivity index (χ0) is 7.72. The number of rotatable bonds is 0. The van der Waals surface area contributed by atoms with E-state index in [1.54, 1.807) is 5.57 Å². The van der Waals surface area contributed by atoms with Gasteiger partial charge in [-0.25, -0.2) is 0 Å². The Kier molecular flexibility index (Phi) is 1.98. The van der Waals surface area contributed by atoms with Gasteiger partial charge in [-0.05, 0) is 38.7 Å². The monoisotopic (exact) mass is 136 g/mol. The lowest BCUT2D eigenvalue weighted by Crippen LogP contribution is -2.03. The van der Waals surface area contributed by atoms with Crippen LogP contribution in [0, 0.1) is 5.92 Å². The molecule has 0 saturated carbocycles. The van der Waals surface area contributed by atoms with Crippen molar-refractivity contribution in [2.75, 3.05) is 0 Å². The molecule has 0 aromatic carbocycles.